The van der Waals surface area contributed by atoms with Gasteiger partial charge in [0, 0.05) is 19.2 Å². The molecule has 0 bridgehead atoms. The molecule has 1 aliphatic carbocycles. The first kappa shape index (κ1) is 27.7. The zero-order chi connectivity index (χ0) is 30.1. The number of aromatic amines is 1. The highest BCUT2D eigenvalue weighted by molar-refractivity contribution is 5.83. The first-order valence-electron chi connectivity index (χ1n) is 14.9. The Morgan fingerprint density at radius 2 is 1.75 bits per heavy atom. The molecule has 3 aromatic carbocycles. The lowest BCUT2D eigenvalue weighted by atomic mass is 9.94. The van der Waals surface area contributed by atoms with Gasteiger partial charge in [0.15, 0.2) is 6.10 Å². The van der Waals surface area contributed by atoms with E-state index >= 15 is 0 Å². The van der Waals surface area contributed by atoms with E-state index in [1.807, 2.05) is 78.9 Å². The third kappa shape index (κ3) is 5.40. The van der Waals surface area contributed by atoms with Gasteiger partial charge >= 0.3 is 0 Å². The Morgan fingerprint density at radius 1 is 0.955 bits per heavy atom. The van der Waals surface area contributed by atoms with Crippen molar-refractivity contribution >= 4 is 5.91 Å². The Hall–Kier alpha value is -5.08. The number of carbonyl (C=O) groups is 1. The number of nitrogens with one attached hydrogen (secondary N) is 1. The largest absolute Gasteiger partial charge is 0.487 e. The van der Waals surface area contributed by atoms with Crippen molar-refractivity contribution in [2.45, 2.75) is 43.9 Å². The molecular weight excluding hydrogens is 552 g/mol. The summed E-state index contributed by atoms with van der Waals surface area (Å²) in [4.78, 5) is 40.4. The van der Waals surface area contributed by atoms with Gasteiger partial charge in [-0.15, -0.1) is 0 Å². The summed E-state index contributed by atoms with van der Waals surface area (Å²) < 4.78 is 5.84. The lowest BCUT2D eigenvalue weighted by molar-refractivity contribution is -0.141. The van der Waals surface area contributed by atoms with Crippen LogP contribution in [0.1, 0.15) is 52.8 Å². The summed E-state index contributed by atoms with van der Waals surface area (Å²) in [5, 5.41) is 11.1. The summed E-state index contributed by atoms with van der Waals surface area (Å²) in [6.45, 7) is 0.880. The average Bonchev–Trinajstić information content (AvgIpc) is 3.90. The Balaban J connectivity index is 1.04. The van der Waals surface area contributed by atoms with E-state index in [1.165, 1.54) is 0 Å². The van der Waals surface area contributed by atoms with Crippen molar-refractivity contribution in [3.05, 3.63) is 148 Å². The number of carbonyl (C=O) groups excluding carboxylic acids is 1. The summed E-state index contributed by atoms with van der Waals surface area (Å²) in [5.74, 6) is 0.995. The molecule has 8 nitrogen and oxygen atoms in total. The van der Waals surface area contributed by atoms with Crippen molar-refractivity contribution in [2.24, 2.45) is 0 Å². The van der Waals surface area contributed by atoms with E-state index in [-0.39, 0.29) is 17.5 Å². The number of ether oxygens (including phenoxy) is 1. The maximum Gasteiger partial charge on any atom is 0.256 e. The zero-order valence-corrected chi connectivity index (χ0v) is 24.1. The van der Waals surface area contributed by atoms with Gasteiger partial charge in [0.2, 0.25) is 0 Å². The Kier molecular flexibility index (Phi) is 7.28. The van der Waals surface area contributed by atoms with Crippen LogP contribution >= 0.6 is 0 Å². The van der Waals surface area contributed by atoms with E-state index < -0.39 is 12.0 Å². The molecule has 1 unspecified atom stereocenters. The van der Waals surface area contributed by atoms with Crippen LogP contribution in [0.4, 0.5) is 0 Å². The average molecular weight is 585 g/mol. The van der Waals surface area contributed by atoms with E-state index in [9.17, 15) is 14.7 Å². The summed E-state index contributed by atoms with van der Waals surface area (Å²) in [6, 6.07) is 30.9. The molecule has 1 amide bonds. The molecule has 2 aromatic heterocycles. The molecule has 1 atom stereocenters. The van der Waals surface area contributed by atoms with Crippen molar-refractivity contribution in [1.82, 2.24) is 19.9 Å². The van der Waals surface area contributed by atoms with Crippen LogP contribution in [0.2, 0.25) is 0 Å². The molecule has 220 valence electrons. The number of nitrogens with zero attached hydrogens (tertiary/aromatic N) is 3. The summed E-state index contributed by atoms with van der Waals surface area (Å²) in [7, 11) is 0. The van der Waals surface area contributed by atoms with Crippen molar-refractivity contribution in [1.29, 1.82) is 0 Å². The molecule has 1 fully saturated rings. The predicted octanol–water partition coefficient (Wildman–Crippen LogP) is 5.11. The van der Waals surface area contributed by atoms with E-state index in [2.05, 4.69) is 22.1 Å². The van der Waals surface area contributed by atoms with Gasteiger partial charge in [-0.3, -0.25) is 14.6 Å². The summed E-state index contributed by atoms with van der Waals surface area (Å²) >= 11 is 0. The molecule has 2 N–H and O–H groups in total. The smallest absolute Gasteiger partial charge is 0.256 e. The fourth-order valence-corrected chi connectivity index (χ4v) is 5.97. The van der Waals surface area contributed by atoms with Crippen molar-refractivity contribution < 1.29 is 14.6 Å². The molecule has 7 rings (SSSR count). The Morgan fingerprint density at radius 3 is 2.50 bits per heavy atom. The standard InChI is InChI=1S/C36H32N4O4/c41-32(26-8-6-7-25(21-26)24-12-14-29(15-13-24)44-23-28-11-4-5-19-37-28)34(43)40-20-16-31-30(22-40)33(42)39-35(38-31)36(17-18-36)27-9-2-1-3-10-27/h1-15,19,21,32,41H,16-18,20,22-23H2,(H,38,39,42). The normalized spacial score (nSPS) is 15.7. The van der Waals surface area contributed by atoms with Crippen LogP contribution in [0.15, 0.2) is 108 Å². The number of benzene rings is 3. The van der Waals surface area contributed by atoms with Crippen molar-refractivity contribution in [3.8, 4) is 16.9 Å². The number of aromatic nitrogens is 3. The highest BCUT2D eigenvalue weighted by Gasteiger charge is 2.48. The molecule has 0 radical (unpaired) electrons. The Bertz CT molecular complexity index is 1850. The molecule has 2 aliphatic rings. The number of H-pyrrole nitrogens is 1. The first-order chi connectivity index (χ1) is 21.5. The third-order valence-corrected chi connectivity index (χ3v) is 8.65. The van der Waals surface area contributed by atoms with E-state index in [1.54, 1.807) is 17.2 Å². The van der Waals surface area contributed by atoms with Gasteiger partial charge in [-0.2, -0.15) is 0 Å². The highest BCUT2D eigenvalue weighted by atomic mass is 16.5. The highest BCUT2D eigenvalue weighted by Crippen LogP contribution is 2.52. The van der Waals surface area contributed by atoms with Gasteiger partial charge in [0.1, 0.15) is 18.2 Å². The second-order valence-corrected chi connectivity index (χ2v) is 11.5. The molecule has 8 heteroatoms. The second-order valence-electron chi connectivity index (χ2n) is 11.5. The summed E-state index contributed by atoms with van der Waals surface area (Å²) in [5.41, 5.74) is 5.07. The molecular formula is C36H32N4O4. The number of hydrogen-bond acceptors (Lipinski definition) is 6. The van der Waals surface area contributed by atoms with Crippen LogP contribution in [0.5, 0.6) is 5.75 Å². The topological polar surface area (TPSA) is 108 Å². The molecule has 3 heterocycles. The molecule has 0 saturated heterocycles. The van der Waals surface area contributed by atoms with E-state index in [4.69, 9.17) is 9.72 Å². The fourth-order valence-electron chi connectivity index (χ4n) is 5.97. The molecule has 1 aliphatic heterocycles. The van der Waals surface area contributed by atoms with Gasteiger partial charge in [-0.1, -0.05) is 66.7 Å². The zero-order valence-electron chi connectivity index (χ0n) is 24.1. The van der Waals surface area contributed by atoms with Gasteiger partial charge in [-0.25, -0.2) is 4.98 Å². The monoisotopic (exact) mass is 584 g/mol. The number of aliphatic hydroxyl groups is 1. The Labute approximate surface area is 255 Å². The minimum atomic E-state index is -1.35. The first-order valence-corrected chi connectivity index (χ1v) is 14.9. The molecule has 1 saturated carbocycles. The van der Waals surface area contributed by atoms with Gasteiger partial charge < -0.3 is 19.7 Å². The van der Waals surface area contributed by atoms with Crippen LogP contribution < -0.4 is 10.3 Å². The van der Waals surface area contributed by atoms with Crippen molar-refractivity contribution in [3.63, 3.8) is 0 Å². The quantitative estimate of drug-likeness (QED) is 0.263. The van der Waals surface area contributed by atoms with Crippen LogP contribution in [-0.2, 0) is 29.8 Å². The number of aliphatic hydroxyl groups excluding tert-OH is 1. The van der Waals surface area contributed by atoms with Crippen LogP contribution in [0.3, 0.4) is 0 Å². The minimum Gasteiger partial charge on any atom is -0.487 e. The maximum absolute atomic E-state index is 13.4. The SMILES string of the molecule is O=C(C(O)c1cccc(-c2ccc(OCc3ccccn3)cc2)c1)N1CCc2nc(C3(c4ccccc4)CC3)[nH]c(=O)c2C1. The molecule has 44 heavy (non-hydrogen) atoms. The number of fused-ring (bicyclic) bond motifs is 1. The van der Waals surface area contributed by atoms with Gasteiger partial charge in [-0.05, 0) is 65.4 Å². The minimum absolute atomic E-state index is 0.117. The van der Waals surface area contributed by atoms with Gasteiger partial charge in [0.05, 0.1) is 28.9 Å². The third-order valence-electron chi connectivity index (χ3n) is 8.65. The second kappa shape index (κ2) is 11.5. The van der Waals surface area contributed by atoms with Gasteiger partial charge in [0.25, 0.3) is 11.5 Å². The lowest BCUT2D eigenvalue weighted by Gasteiger charge is -2.30. The number of rotatable bonds is 8. The van der Waals surface area contributed by atoms with Crippen LogP contribution in [0, 0.1) is 0 Å². The van der Waals surface area contributed by atoms with E-state index in [0.717, 1.165) is 46.7 Å². The van der Waals surface area contributed by atoms with Crippen LogP contribution in [-0.4, -0.2) is 37.4 Å². The number of amides is 1. The van der Waals surface area contributed by atoms with E-state index in [0.29, 0.717) is 36.5 Å². The van der Waals surface area contributed by atoms with Crippen molar-refractivity contribution in [2.75, 3.05) is 6.54 Å². The number of hydrogen-bond donors (Lipinski definition) is 2. The fraction of sp³-hybridized carbons (Fsp3) is 0.222. The maximum atomic E-state index is 13.4. The molecule has 5 aromatic rings. The molecule has 0 spiro atoms. The lowest BCUT2D eigenvalue weighted by Crippen LogP contribution is -2.42. The van der Waals surface area contributed by atoms with Crippen LogP contribution in [0.25, 0.3) is 11.1 Å². The number of pyridine rings is 1. The predicted molar refractivity (Wildman–Crippen MR) is 166 cm³/mol. The summed E-state index contributed by atoms with van der Waals surface area (Å²) in [6.07, 6.45) is 2.73.